The Morgan fingerprint density at radius 2 is 2.14 bits per heavy atom. The van der Waals surface area contributed by atoms with Gasteiger partial charge in [0.15, 0.2) is 0 Å². The quantitative estimate of drug-likeness (QED) is 0.506. The van der Waals surface area contributed by atoms with Gasteiger partial charge in [0.2, 0.25) is 0 Å². The van der Waals surface area contributed by atoms with Crippen LogP contribution in [0, 0.1) is 13.8 Å². The van der Waals surface area contributed by atoms with Crippen LogP contribution in [-0.2, 0) is 0 Å². The van der Waals surface area contributed by atoms with E-state index in [4.69, 9.17) is 0 Å². The van der Waals surface area contributed by atoms with Crippen LogP contribution in [0.3, 0.4) is 0 Å². The molecule has 38 valence electrons. The van der Waals surface area contributed by atoms with E-state index in [1.807, 2.05) is 6.92 Å². The predicted molar refractivity (Wildman–Crippen MR) is 28.4 cm³/mol. The van der Waals surface area contributed by atoms with Crippen molar-refractivity contribution in [1.82, 2.24) is 9.19 Å². The summed E-state index contributed by atoms with van der Waals surface area (Å²) >= 11 is 0.337. The van der Waals surface area contributed by atoms with E-state index >= 15 is 0 Å². The number of hydrogen-bond donors (Lipinski definition) is 0. The van der Waals surface area contributed by atoms with Crippen molar-refractivity contribution in [3.63, 3.8) is 0 Å². The zero-order valence-electron chi connectivity index (χ0n) is 4.30. The molecule has 1 rings (SSSR count). The van der Waals surface area contributed by atoms with E-state index < -0.39 is 0 Å². The second kappa shape index (κ2) is 1.76. The van der Waals surface area contributed by atoms with Gasteiger partial charge in [0, 0.05) is 0 Å². The monoisotopic (exact) mass is 162 g/mol. The number of rotatable bonds is 0. The molecule has 1 aromatic heterocycles. The summed E-state index contributed by atoms with van der Waals surface area (Å²) in [4.78, 5) is 0. The van der Waals surface area contributed by atoms with Gasteiger partial charge in [-0.2, -0.15) is 0 Å². The molecule has 0 N–H and O–H groups in total. The Labute approximate surface area is 48.5 Å². The van der Waals surface area contributed by atoms with Crippen molar-refractivity contribution in [3.8, 4) is 0 Å². The van der Waals surface area contributed by atoms with Crippen molar-refractivity contribution < 1.29 is 0 Å². The topological polar surface area (TPSA) is 25.8 Å². The summed E-state index contributed by atoms with van der Waals surface area (Å²) in [6, 6.07) is 0. The number of nitrogens with zero attached hydrogens (tertiary/aromatic N) is 2. The van der Waals surface area contributed by atoms with Crippen molar-refractivity contribution in [3.05, 3.63) is 10.1 Å². The van der Waals surface area contributed by atoms with E-state index in [1.165, 1.54) is 4.44 Å². The van der Waals surface area contributed by atoms with Gasteiger partial charge in [-0.3, -0.25) is 0 Å². The molecule has 1 heterocycles. The molecule has 0 saturated carbocycles. The van der Waals surface area contributed by atoms with Gasteiger partial charge < -0.3 is 0 Å². The Hall–Kier alpha value is -0.141. The van der Waals surface area contributed by atoms with Crippen LogP contribution in [0.15, 0.2) is 0 Å². The minimum atomic E-state index is 0.337. The van der Waals surface area contributed by atoms with Gasteiger partial charge in [0.1, 0.15) is 0 Å². The molecular formula is C4H6N2Se. The molecule has 0 saturated heterocycles. The summed E-state index contributed by atoms with van der Waals surface area (Å²) in [6.45, 7) is 4.07. The predicted octanol–water partition coefficient (Wildman–Crippen LogP) is 0.150. The molecule has 0 aliphatic rings. The molecule has 0 amide bonds. The molecule has 0 aromatic carbocycles. The van der Waals surface area contributed by atoms with Crippen LogP contribution in [0.4, 0.5) is 0 Å². The van der Waals surface area contributed by atoms with Crippen molar-refractivity contribution in [1.29, 1.82) is 0 Å². The van der Waals surface area contributed by atoms with Crippen LogP contribution in [0.1, 0.15) is 10.1 Å². The molecule has 0 radical (unpaired) electrons. The average Bonchev–Trinajstić information content (AvgIpc) is 1.91. The third kappa shape index (κ3) is 0.898. The third-order valence-corrected chi connectivity index (χ3v) is 2.42. The maximum atomic E-state index is 3.86. The second-order valence-electron chi connectivity index (χ2n) is 1.41. The summed E-state index contributed by atoms with van der Waals surface area (Å²) in [5.74, 6) is 0. The first-order chi connectivity index (χ1) is 3.30. The normalized spacial score (nSPS) is 9.43. The molecule has 0 aliphatic carbocycles. The van der Waals surface area contributed by atoms with Crippen LogP contribution < -0.4 is 0 Å². The van der Waals surface area contributed by atoms with Crippen molar-refractivity contribution in [2.75, 3.05) is 0 Å². The molecule has 0 fully saturated rings. The van der Waals surface area contributed by atoms with Gasteiger partial charge >= 0.3 is 47.9 Å². The fourth-order valence-corrected chi connectivity index (χ4v) is 1.24. The fourth-order valence-electron chi connectivity index (χ4n) is 0.279. The minimum absolute atomic E-state index is 0.337. The third-order valence-electron chi connectivity index (χ3n) is 0.878. The van der Waals surface area contributed by atoms with Gasteiger partial charge in [0.25, 0.3) is 0 Å². The van der Waals surface area contributed by atoms with Gasteiger partial charge in [-0.05, 0) is 0 Å². The van der Waals surface area contributed by atoms with Crippen molar-refractivity contribution in [2.45, 2.75) is 13.8 Å². The van der Waals surface area contributed by atoms with Gasteiger partial charge in [0.05, 0.1) is 0 Å². The summed E-state index contributed by atoms with van der Waals surface area (Å²) in [6.07, 6.45) is 0. The van der Waals surface area contributed by atoms with Crippen molar-refractivity contribution in [2.24, 2.45) is 0 Å². The SMILES string of the molecule is Cc1nn[se]c1C. The van der Waals surface area contributed by atoms with Crippen LogP contribution in [0.2, 0.25) is 0 Å². The molecule has 7 heavy (non-hydrogen) atoms. The Kier molecular flexibility index (Phi) is 1.26. The van der Waals surface area contributed by atoms with Crippen LogP contribution >= 0.6 is 0 Å². The second-order valence-corrected chi connectivity index (χ2v) is 3.43. The standard InChI is InChI=1S/C4H6N2Se/c1-3-4(2)7-6-5-3/h1-2H3. The Bertz CT molecular complexity index is 142. The van der Waals surface area contributed by atoms with Gasteiger partial charge in [-0.25, -0.2) is 0 Å². The molecule has 0 unspecified atom stereocenters. The van der Waals surface area contributed by atoms with E-state index in [2.05, 4.69) is 16.1 Å². The summed E-state index contributed by atoms with van der Waals surface area (Å²) in [5.41, 5.74) is 1.11. The van der Waals surface area contributed by atoms with Crippen molar-refractivity contribution >= 4 is 14.7 Å². The zero-order chi connectivity index (χ0) is 5.28. The molecular weight excluding hydrogens is 155 g/mol. The molecule has 0 bridgehead atoms. The van der Waals surface area contributed by atoms with E-state index in [1.54, 1.807) is 0 Å². The summed E-state index contributed by atoms with van der Waals surface area (Å²) < 4.78 is 5.21. The molecule has 3 heteroatoms. The van der Waals surface area contributed by atoms with Crippen LogP contribution in [0.25, 0.3) is 0 Å². The van der Waals surface area contributed by atoms with Crippen LogP contribution in [0.5, 0.6) is 0 Å². The summed E-state index contributed by atoms with van der Waals surface area (Å²) in [7, 11) is 0. The van der Waals surface area contributed by atoms with E-state index in [-0.39, 0.29) is 0 Å². The Morgan fingerprint density at radius 3 is 2.29 bits per heavy atom. The summed E-state index contributed by atoms with van der Waals surface area (Å²) in [5, 5.41) is 3.85. The Balaban J connectivity index is 3.12. The maximum absolute atomic E-state index is 3.86. The molecule has 2 nitrogen and oxygen atoms in total. The van der Waals surface area contributed by atoms with Gasteiger partial charge in [-0.1, -0.05) is 0 Å². The first-order valence-electron chi connectivity index (χ1n) is 2.06. The molecule has 0 atom stereocenters. The average molecular weight is 161 g/mol. The zero-order valence-corrected chi connectivity index (χ0v) is 6.02. The molecule has 0 spiro atoms. The molecule has 1 aromatic rings. The number of aryl methyl sites for hydroxylation is 2. The fraction of sp³-hybridized carbons (Fsp3) is 0.500. The first-order valence-corrected chi connectivity index (χ1v) is 3.68. The van der Waals surface area contributed by atoms with Gasteiger partial charge in [-0.15, -0.1) is 0 Å². The van der Waals surface area contributed by atoms with Crippen LogP contribution in [-0.4, -0.2) is 23.9 Å². The Morgan fingerprint density at radius 1 is 1.43 bits per heavy atom. The molecule has 0 aliphatic heterocycles. The number of hydrogen-bond acceptors (Lipinski definition) is 2. The first kappa shape index (κ1) is 5.01. The van der Waals surface area contributed by atoms with E-state index in [0.717, 1.165) is 5.69 Å². The number of aromatic nitrogens is 2. The van der Waals surface area contributed by atoms with E-state index in [9.17, 15) is 0 Å². The van der Waals surface area contributed by atoms with E-state index in [0.29, 0.717) is 14.7 Å².